The fraction of sp³-hybridized carbons (Fsp3) is 0.0769. The highest BCUT2D eigenvalue weighted by molar-refractivity contribution is 5.45. The van der Waals surface area contributed by atoms with E-state index in [0.29, 0.717) is 0 Å². The Balaban J connectivity index is 2.28. The van der Waals surface area contributed by atoms with Gasteiger partial charge in [0.1, 0.15) is 5.75 Å². The summed E-state index contributed by atoms with van der Waals surface area (Å²) in [4.78, 5) is 0. The fourth-order valence-corrected chi connectivity index (χ4v) is 1.38. The minimum atomic E-state index is -0.474. The summed E-state index contributed by atoms with van der Waals surface area (Å²) in [6, 6.07) is 8.52. The Morgan fingerprint density at radius 3 is 2.41 bits per heavy atom. The Morgan fingerprint density at radius 1 is 1.00 bits per heavy atom. The van der Waals surface area contributed by atoms with Crippen molar-refractivity contribution in [3.8, 4) is 23.0 Å². The lowest BCUT2D eigenvalue weighted by atomic mass is 10.2. The molecule has 0 saturated carbocycles. The molecule has 88 valence electrons. The van der Waals surface area contributed by atoms with Crippen LogP contribution < -0.4 is 4.74 Å². The van der Waals surface area contributed by atoms with Crippen molar-refractivity contribution in [2.45, 2.75) is 6.92 Å². The van der Waals surface area contributed by atoms with Gasteiger partial charge < -0.3 is 14.9 Å². The zero-order chi connectivity index (χ0) is 12.4. The van der Waals surface area contributed by atoms with Crippen LogP contribution in [0.4, 0.5) is 4.39 Å². The van der Waals surface area contributed by atoms with Crippen molar-refractivity contribution in [2.24, 2.45) is 0 Å². The first kappa shape index (κ1) is 11.3. The van der Waals surface area contributed by atoms with Gasteiger partial charge in [0.25, 0.3) is 0 Å². The average molecular weight is 234 g/mol. The molecule has 2 N–H and O–H groups in total. The summed E-state index contributed by atoms with van der Waals surface area (Å²) in [5.74, 6) is -0.710. The number of phenols is 2. The van der Waals surface area contributed by atoms with Crippen LogP contribution in [-0.2, 0) is 0 Å². The van der Waals surface area contributed by atoms with Crippen LogP contribution in [0.1, 0.15) is 5.56 Å². The molecule has 0 amide bonds. The Labute approximate surface area is 97.7 Å². The number of phenolic OH excluding ortho intramolecular Hbond substituents is 2. The first-order valence-electron chi connectivity index (χ1n) is 5.02. The van der Waals surface area contributed by atoms with Crippen LogP contribution in [0.2, 0.25) is 0 Å². The van der Waals surface area contributed by atoms with E-state index < -0.39 is 5.82 Å². The average Bonchev–Trinajstić information content (AvgIpc) is 2.27. The first-order chi connectivity index (χ1) is 8.06. The van der Waals surface area contributed by atoms with Crippen LogP contribution in [-0.4, -0.2) is 10.2 Å². The van der Waals surface area contributed by atoms with E-state index in [0.717, 1.165) is 5.56 Å². The molecule has 2 aromatic rings. The monoisotopic (exact) mass is 234 g/mol. The normalized spacial score (nSPS) is 10.2. The van der Waals surface area contributed by atoms with E-state index in [4.69, 9.17) is 9.84 Å². The number of benzene rings is 2. The third-order valence-electron chi connectivity index (χ3n) is 2.26. The number of rotatable bonds is 2. The second-order valence-electron chi connectivity index (χ2n) is 3.69. The first-order valence-corrected chi connectivity index (χ1v) is 5.02. The predicted molar refractivity (Wildman–Crippen MR) is 61.0 cm³/mol. The molecule has 0 fully saturated rings. The molecule has 0 aliphatic carbocycles. The third kappa shape index (κ3) is 2.47. The summed E-state index contributed by atoms with van der Waals surface area (Å²) in [5.41, 5.74) is 0.795. The van der Waals surface area contributed by atoms with Gasteiger partial charge >= 0.3 is 0 Å². The lowest BCUT2D eigenvalue weighted by Gasteiger charge is -2.08. The standard InChI is InChI=1S/C13H11FO3/c1-8-2-5-13(10(14)6-8)17-9-3-4-11(15)12(16)7-9/h2-7,15-16H,1H3. The Hall–Kier alpha value is -2.23. The van der Waals surface area contributed by atoms with Crippen molar-refractivity contribution in [3.63, 3.8) is 0 Å². The number of hydrogen-bond donors (Lipinski definition) is 2. The van der Waals surface area contributed by atoms with Gasteiger partial charge in [0.2, 0.25) is 0 Å². The molecule has 0 spiro atoms. The smallest absolute Gasteiger partial charge is 0.165 e. The number of halogens is 1. The van der Waals surface area contributed by atoms with E-state index in [1.54, 1.807) is 13.0 Å². The molecule has 0 aliphatic heterocycles. The lowest BCUT2D eigenvalue weighted by Crippen LogP contribution is -1.88. The Kier molecular flexibility index (Phi) is 2.87. The quantitative estimate of drug-likeness (QED) is 0.783. The van der Waals surface area contributed by atoms with Crippen LogP contribution >= 0.6 is 0 Å². The molecule has 2 rings (SSSR count). The van der Waals surface area contributed by atoms with E-state index in [1.165, 1.54) is 30.3 Å². The largest absolute Gasteiger partial charge is 0.504 e. The number of hydrogen-bond acceptors (Lipinski definition) is 3. The number of ether oxygens (including phenoxy) is 1. The molecule has 3 nitrogen and oxygen atoms in total. The summed E-state index contributed by atoms with van der Waals surface area (Å²) in [7, 11) is 0. The van der Waals surface area contributed by atoms with Crippen LogP contribution in [0, 0.1) is 12.7 Å². The highest BCUT2D eigenvalue weighted by Crippen LogP contribution is 2.32. The van der Waals surface area contributed by atoms with E-state index in [2.05, 4.69) is 0 Å². The zero-order valence-electron chi connectivity index (χ0n) is 9.14. The zero-order valence-corrected chi connectivity index (χ0v) is 9.14. The molecule has 2 aromatic carbocycles. The van der Waals surface area contributed by atoms with Gasteiger partial charge in [-0.1, -0.05) is 6.07 Å². The van der Waals surface area contributed by atoms with Gasteiger partial charge in [-0.05, 0) is 36.8 Å². The van der Waals surface area contributed by atoms with Crippen molar-refractivity contribution in [2.75, 3.05) is 0 Å². The number of aryl methyl sites for hydroxylation is 1. The maximum absolute atomic E-state index is 13.5. The maximum Gasteiger partial charge on any atom is 0.165 e. The fourth-order valence-electron chi connectivity index (χ4n) is 1.38. The molecule has 4 heteroatoms. The van der Waals surface area contributed by atoms with Crippen molar-refractivity contribution < 1.29 is 19.3 Å². The van der Waals surface area contributed by atoms with Gasteiger partial charge in [-0.2, -0.15) is 0 Å². The van der Waals surface area contributed by atoms with Crippen LogP contribution in [0.25, 0.3) is 0 Å². The maximum atomic E-state index is 13.5. The Morgan fingerprint density at radius 2 is 1.76 bits per heavy atom. The second kappa shape index (κ2) is 4.33. The Bertz CT molecular complexity index is 552. The lowest BCUT2D eigenvalue weighted by molar-refractivity contribution is 0.395. The van der Waals surface area contributed by atoms with Gasteiger partial charge in [0.15, 0.2) is 23.1 Å². The van der Waals surface area contributed by atoms with E-state index in [-0.39, 0.29) is 23.0 Å². The van der Waals surface area contributed by atoms with E-state index >= 15 is 0 Å². The molecular formula is C13H11FO3. The van der Waals surface area contributed by atoms with Crippen molar-refractivity contribution >= 4 is 0 Å². The van der Waals surface area contributed by atoms with Gasteiger partial charge in [0, 0.05) is 6.07 Å². The van der Waals surface area contributed by atoms with Gasteiger partial charge in [-0.3, -0.25) is 0 Å². The molecule has 0 atom stereocenters. The van der Waals surface area contributed by atoms with E-state index in [1.807, 2.05) is 0 Å². The SMILES string of the molecule is Cc1ccc(Oc2ccc(O)c(O)c2)c(F)c1. The molecule has 0 unspecified atom stereocenters. The molecule has 17 heavy (non-hydrogen) atoms. The highest BCUT2D eigenvalue weighted by Gasteiger charge is 2.06. The highest BCUT2D eigenvalue weighted by atomic mass is 19.1. The van der Waals surface area contributed by atoms with Crippen LogP contribution in [0.5, 0.6) is 23.0 Å². The summed E-state index contributed by atoms with van der Waals surface area (Å²) >= 11 is 0. The predicted octanol–water partition coefficient (Wildman–Crippen LogP) is 3.34. The molecule has 0 aromatic heterocycles. The third-order valence-corrected chi connectivity index (χ3v) is 2.26. The molecule has 0 saturated heterocycles. The van der Waals surface area contributed by atoms with Crippen molar-refractivity contribution in [1.29, 1.82) is 0 Å². The molecule has 0 bridgehead atoms. The van der Waals surface area contributed by atoms with E-state index in [9.17, 15) is 9.50 Å². The summed E-state index contributed by atoms with van der Waals surface area (Å²) < 4.78 is 18.7. The summed E-state index contributed by atoms with van der Waals surface area (Å²) in [6.45, 7) is 1.78. The van der Waals surface area contributed by atoms with Crippen molar-refractivity contribution in [1.82, 2.24) is 0 Å². The van der Waals surface area contributed by atoms with Crippen LogP contribution in [0.3, 0.4) is 0 Å². The second-order valence-corrected chi connectivity index (χ2v) is 3.69. The van der Waals surface area contributed by atoms with Gasteiger partial charge in [-0.25, -0.2) is 4.39 Å². The summed E-state index contributed by atoms with van der Waals surface area (Å²) in [5, 5.41) is 18.4. The van der Waals surface area contributed by atoms with Crippen molar-refractivity contribution in [3.05, 3.63) is 47.8 Å². The van der Waals surface area contributed by atoms with Gasteiger partial charge in [0.05, 0.1) is 0 Å². The molecule has 0 radical (unpaired) electrons. The number of aromatic hydroxyl groups is 2. The minimum absolute atomic E-state index is 0.0701. The summed E-state index contributed by atoms with van der Waals surface area (Å²) in [6.07, 6.45) is 0. The van der Waals surface area contributed by atoms with Crippen LogP contribution in [0.15, 0.2) is 36.4 Å². The molecule has 0 heterocycles. The topological polar surface area (TPSA) is 49.7 Å². The minimum Gasteiger partial charge on any atom is -0.504 e. The van der Waals surface area contributed by atoms with Gasteiger partial charge in [-0.15, -0.1) is 0 Å². The molecule has 0 aliphatic rings. The molecular weight excluding hydrogens is 223 g/mol.